The Kier molecular flexibility index (Phi) is 5.88. The maximum Gasteiger partial charge on any atom is 0.205 e. The van der Waals surface area contributed by atoms with E-state index in [2.05, 4.69) is 20.5 Å². The zero-order valence-corrected chi connectivity index (χ0v) is 15.4. The minimum atomic E-state index is 0.362. The highest BCUT2D eigenvalue weighted by Crippen LogP contribution is 2.28. The number of aromatic nitrogens is 2. The summed E-state index contributed by atoms with van der Waals surface area (Å²) < 4.78 is 11.2. The van der Waals surface area contributed by atoms with Crippen LogP contribution in [0.15, 0.2) is 47.0 Å². The Balaban J connectivity index is 1.63. The lowest BCUT2D eigenvalue weighted by Gasteiger charge is -2.11. The standard InChI is InChI=1S/C17H16ClN5O2S/c1-24-14-6-11(8-21-23-17-22-16(19)10-26-17)2-4-13(14)25-9-12-3-5-15(18)20-7-12/h2-8,10H,9,19H2,1H3,(H,22,23). The van der Waals surface area contributed by atoms with Crippen molar-refractivity contribution in [3.63, 3.8) is 0 Å². The summed E-state index contributed by atoms with van der Waals surface area (Å²) in [5.74, 6) is 1.70. The molecule has 1 aromatic carbocycles. The van der Waals surface area contributed by atoms with Crippen LogP contribution in [0.2, 0.25) is 5.15 Å². The largest absolute Gasteiger partial charge is 0.493 e. The number of nitrogens with zero attached hydrogens (tertiary/aromatic N) is 3. The molecule has 0 unspecified atom stereocenters. The summed E-state index contributed by atoms with van der Waals surface area (Å²) in [5.41, 5.74) is 10.1. The molecule has 2 aromatic heterocycles. The average molecular weight is 390 g/mol. The number of methoxy groups -OCH3 is 1. The molecule has 3 aromatic rings. The summed E-state index contributed by atoms with van der Waals surface area (Å²) in [6.07, 6.45) is 3.33. The molecule has 3 rings (SSSR count). The van der Waals surface area contributed by atoms with Gasteiger partial charge >= 0.3 is 0 Å². The minimum absolute atomic E-state index is 0.362. The third-order valence-electron chi connectivity index (χ3n) is 3.27. The Hall–Kier alpha value is -2.84. The van der Waals surface area contributed by atoms with E-state index in [9.17, 15) is 0 Å². The molecule has 0 bridgehead atoms. The number of nitrogens with two attached hydrogens (primary N) is 1. The quantitative estimate of drug-likeness (QED) is 0.362. The number of rotatable bonds is 7. The lowest BCUT2D eigenvalue weighted by Crippen LogP contribution is -1.99. The molecule has 0 aliphatic heterocycles. The van der Waals surface area contributed by atoms with Gasteiger partial charge in [-0.15, -0.1) is 11.3 Å². The van der Waals surface area contributed by atoms with Crippen molar-refractivity contribution in [3.8, 4) is 11.5 Å². The molecule has 9 heteroatoms. The van der Waals surface area contributed by atoms with Gasteiger partial charge in [0.2, 0.25) is 5.13 Å². The van der Waals surface area contributed by atoms with E-state index >= 15 is 0 Å². The number of hydrazone groups is 1. The van der Waals surface area contributed by atoms with E-state index in [4.69, 9.17) is 26.8 Å². The van der Waals surface area contributed by atoms with E-state index in [0.717, 1.165) is 11.1 Å². The van der Waals surface area contributed by atoms with Crippen LogP contribution in [0.5, 0.6) is 11.5 Å². The molecule has 0 aliphatic carbocycles. The first kappa shape index (κ1) is 18.0. The Morgan fingerprint density at radius 2 is 2.19 bits per heavy atom. The van der Waals surface area contributed by atoms with E-state index in [0.29, 0.717) is 34.2 Å². The smallest absolute Gasteiger partial charge is 0.205 e. The van der Waals surface area contributed by atoms with Gasteiger partial charge < -0.3 is 15.2 Å². The Bertz CT molecular complexity index is 898. The molecule has 0 aliphatic rings. The first-order chi connectivity index (χ1) is 12.6. The van der Waals surface area contributed by atoms with Gasteiger partial charge in [0.05, 0.1) is 13.3 Å². The van der Waals surface area contributed by atoms with E-state index < -0.39 is 0 Å². The van der Waals surface area contributed by atoms with Crippen LogP contribution in [0.25, 0.3) is 0 Å². The highest BCUT2D eigenvalue weighted by molar-refractivity contribution is 7.14. The second-order valence-electron chi connectivity index (χ2n) is 5.14. The van der Waals surface area contributed by atoms with Crippen molar-refractivity contribution in [3.05, 3.63) is 58.2 Å². The predicted molar refractivity (Wildman–Crippen MR) is 104 cm³/mol. The molecule has 0 spiro atoms. The minimum Gasteiger partial charge on any atom is -0.493 e. The monoisotopic (exact) mass is 389 g/mol. The van der Waals surface area contributed by atoms with Crippen LogP contribution in [0, 0.1) is 0 Å². The summed E-state index contributed by atoms with van der Waals surface area (Å²) in [4.78, 5) is 8.09. The molecule has 0 fully saturated rings. The number of halogens is 1. The number of thiazole rings is 1. The fraction of sp³-hybridized carbons (Fsp3) is 0.118. The van der Waals surface area contributed by atoms with Crippen molar-refractivity contribution in [2.45, 2.75) is 6.61 Å². The first-order valence-electron chi connectivity index (χ1n) is 7.55. The zero-order chi connectivity index (χ0) is 18.4. The summed E-state index contributed by atoms with van der Waals surface area (Å²) in [6, 6.07) is 9.11. The molecule has 0 amide bonds. The highest BCUT2D eigenvalue weighted by Gasteiger charge is 2.06. The molecule has 134 valence electrons. The summed E-state index contributed by atoms with van der Waals surface area (Å²) in [7, 11) is 1.59. The third kappa shape index (κ3) is 4.84. The second-order valence-corrected chi connectivity index (χ2v) is 6.38. The molecule has 3 N–H and O–H groups in total. The van der Waals surface area contributed by atoms with Gasteiger partial charge in [-0.25, -0.2) is 9.97 Å². The molecule has 26 heavy (non-hydrogen) atoms. The summed E-state index contributed by atoms with van der Waals surface area (Å²) >= 11 is 7.16. The fourth-order valence-corrected chi connectivity index (χ4v) is 2.70. The van der Waals surface area contributed by atoms with Crippen molar-refractivity contribution in [2.75, 3.05) is 18.3 Å². The number of nitrogen functional groups attached to an aromatic ring is 1. The van der Waals surface area contributed by atoms with Crippen LogP contribution < -0.4 is 20.6 Å². The molecular formula is C17H16ClN5O2S. The Morgan fingerprint density at radius 3 is 2.88 bits per heavy atom. The van der Waals surface area contributed by atoms with Crippen LogP contribution >= 0.6 is 22.9 Å². The molecule has 2 heterocycles. The van der Waals surface area contributed by atoms with Crippen LogP contribution in [-0.2, 0) is 6.61 Å². The SMILES string of the molecule is COc1cc(C=NNc2nc(N)cs2)ccc1OCc1ccc(Cl)nc1. The van der Waals surface area contributed by atoms with E-state index in [-0.39, 0.29) is 0 Å². The molecule has 0 saturated carbocycles. The zero-order valence-electron chi connectivity index (χ0n) is 13.8. The summed E-state index contributed by atoms with van der Waals surface area (Å²) in [6.45, 7) is 0.362. The second kappa shape index (κ2) is 8.50. The Labute approximate surface area is 159 Å². The molecular weight excluding hydrogens is 374 g/mol. The molecule has 7 nitrogen and oxygen atoms in total. The summed E-state index contributed by atoms with van der Waals surface area (Å²) in [5, 5.41) is 6.95. The van der Waals surface area contributed by atoms with Crippen molar-refractivity contribution >= 4 is 40.1 Å². The number of hydrogen-bond acceptors (Lipinski definition) is 8. The van der Waals surface area contributed by atoms with Crippen molar-refractivity contribution in [1.29, 1.82) is 0 Å². The van der Waals surface area contributed by atoms with Crippen molar-refractivity contribution < 1.29 is 9.47 Å². The fourth-order valence-electron chi connectivity index (χ4n) is 2.04. The lowest BCUT2D eigenvalue weighted by atomic mass is 10.2. The number of ether oxygens (including phenoxy) is 2. The van der Waals surface area contributed by atoms with E-state index in [1.165, 1.54) is 11.3 Å². The highest BCUT2D eigenvalue weighted by atomic mass is 35.5. The number of hydrogen-bond donors (Lipinski definition) is 2. The van der Waals surface area contributed by atoms with Gasteiger partial charge in [-0.1, -0.05) is 17.7 Å². The molecule has 0 saturated heterocycles. The normalized spacial score (nSPS) is 10.8. The van der Waals surface area contributed by atoms with Gasteiger partial charge in [0.25, 0.3) is 0 Å². The van der Waals surface area contributed by atoms with E-state index in [1.54, 1.807) is 31.0 Å². The first-order valence-corrected chi connectivity index (χ1v) is 8.81. The predicted octanol–water partition coefficient (Wildman–Crippen LogP) is 3.81. The van der Waals surface area contributed by atoms with Crippen LogP contribution in [0.4, 0.5) is 10.9 Å². The third-order valence-corrected chi connectivity index (χ3v) is 4.26. The van der Waals surface area contributed by atoms with Gasteiger partial charge in [-0.05, 0) is 29.8 Å². The topological polar surface area (TPSA) is 94.7 Å². The van der Waals surface area contributed by atoms with Crippen molar-refractivity contribution in [2.24, 2.45) is 5.10 Å². The lowest BCUT2D eigenvalue weighted by molar-refractivity contribution is 0.284. The average Bonchev–Trinajstić information content (AvgIpc) is 3.07. The van der Waals surface area contributed by atoms with Gasteiger partial charge in [-0.2, -0.15) is 5.10 Å². The molecule has 0 radical (unpaired) electrons. The van der Waals surface area contributed by atoms with Gasteiger partial charge in [0.15, 0.2) is 11.5 Å². The number of benzene rings is 1. The van der Waals surface area contributed by atoms with Crippen molar-refractivity contribution in [1.82, 2.24) is 9.97 Å². The Morgan fingerprint density at radius 1 is 1.31 bits per heavy atom. The van der Waals surface area contributed by atoms with Crippen LogP contribution in [-0.4, -0.2) is 23.3 Å². The van der Waals surface area contributed by atoms with Gasteiger partial charge in [-0.3, -0.25) is 5.43 Å². The number of pyridine rings is 1. The number of nitrogens with one attached hydrogen (secondary N) is 1. The van der Waals surface area contributed by atoms with E-state index in [1.807, 2.05) is 24.3 Å². The van der Waals surface area contributed by atoms with Crippen LogP contribution in [0.3, 0.4) is 0 Å². The van der Waals surface area contributed by atoms with Gasteiger partial charge in [0.1, 0.15) is 17.6 Å². The molecule has 0 atom stereocenters. The van der Waals surface area contributed by atoms with Crippen LogP contribution in [0.1, 0.15) is 11.1 Å². The number of anilines is 2. The van der Waals surface area contributed by atoms with Gasteiger partial charge in [0, 0.05) is 17.1 Å². The maximum atomic E-state index is 5.80. The maximum absolute atomic E-state index is 5.80.